The molecule has 2 N–H and O–H groups in total. The Bertz CT molecular complexity index is 355. The van der Waals surface area contributed by atoms with Crippen molar-refractivity contribution in [3.05, 3.63) is 34.1 Å². The molecule has 0 heterocycles. The van der Waals surface area contributed by atoms with Crippen LogP contribution in [0.5, 0.6) is 0 Å². The van der Waals surface area contributed by atoms with Crippen LogP contribution in [0.25, 0.3) is 0 Å². The van der Waals surface area contributed by atoms with Gasteiger partial charge in [0.25, 0.3) is 0 Å². The van der Waals surface area contributed by atoms with Gasteiger partial charge in [-0.15, -0.1) is 0 Å². The van der Waals surface area contributed by atoms with Crippen LogP contribution < -0.4 is 10.6 Å². The summed E-state index contributed by atoms with van der Waals surface area (Å²) < 4.78 is 13.7. The highest BCUT2D eigenvalue weighted by molar-refractivity contribution is 9.10. The number of benzene rings is 1. The van der Waals surface area contributed by atoms with E-state index in [1.807, 2.05) is 0 Å². The van der Waals surface area contributed by atoms with Gasteiger partial charge in [0.1, 0.15) is 5.82 Å². The maximum Gasteiger partial charge on any atom is 0.124 e. The minimum Gasteiger partial charge on any atom is -0.313 e. The quantitative estimate of drug-likeness (QED) is 0.844. The van der Waals surface area contributed by atoms with Crippen LogP contribution >= 0.6 is 15.9 Å². The second kappa shape index (κ2) is 7.09. The van der Waals surface area contributed by atoms with Crippen molar-refractivity contribution >= 4 is 15.9 Å². The van der Waals surface area contributed by atoms with Gasteiger partial charge in [-0.1, -0.05) is 35.8 Å². The zero-order valence-electron chi connectivity index (χ0n) is 10.6. The van der Waals surface area contributed by atoms with Gasteiger partial charge in [-0.25, -0.2) is 4.39 Å². The number of hydrogen-bond donors (Lipinski definition) is 2. The van der Waals surface area contributed by atoms with E-state index in [2.05, 4.69) is 47.3 Å². The molecule has 0 aliphatic carbocycles. The molecule has 0 saturated carbocycles. The fourth-order valence-electron chi connectivity index (χ4n) is 1.43. The Balaban J connectivity index is 2.39. The van der Waals surface area contributed by atoms with Gasteiger partial charge in [0.2, 0.25) is 0 Å². The molecule has 0 amide bonds. The van der Waals surface area contributed by atoms with E-state index in [0.29, 0.717) is 12.1 Å². The smallest absolute Gasteiger partial charge is 0.124 e. The Morgan fingerprint density at radius 2 is 1.94 bits per heavy atom. The lowest BCUT2D eigenvalue weighted by atomic mass is 10.2. The average molecular weight is 303 g/mol. The summed E-state index contributed by atoms with van der Waals surface area (Å²) in [5.74, 6) is -0.213. The predicted molar refractivity (Wildman–Crippen MR) is 73.5 cm³/mol. The normalized spacial score (nSPS) is 13.1. The lowest BCUT2D eigenvalue weighted by Gasteiger charge is -2.17. The molecule has 0 aliphatic heterocycles. The zero-order valence-corrected chi connectivity index (χ0v) is 12.1. The first-order valence-electron chi connectivity index (χ1n) is 5.89. The number of nitrogens with one attached hydrogen (secondary N) is 2. The molecule has 2 nitrogen and oxygen atoms in total. The molecule has 4 heteroatoms. The molecule has 0 radical (unpaired) electrons. The molecule has 1 aromatic rings. The van der Waals surface area contributed by atoms with E-state index in [1.54, 1.807) is 6.07 Å². The SMILES string of the molecule is CC(C)NCC(C)NCc1ccc(F)cc1Br. The van der Waals surface area contributed by atoms with Crippen molar-refractivity contribution in [2.45, 2.75) is 39.4 Å². The van der Waals surface area contributed by atoms with Crippen LogP contribution in [0, 0.1) is 5.82 Å². The molecule has 0 aliphatic rings. The monoisotopic (exact) mass is 302 g/mol. The predicted octanol–water partition coefficient (Wildman–Crippen LogP) is 3.06. The van der Waals surface area contributed by atoms with Gasteiger partial charge in [-0.2, -0.15) is 0 Å². The molecule has 1 unspecified atom stereocenters. The largest absolute Gasteiger partial charge is 0.313 e. The fourth-order valence-corrected chi connectivity index (χ4v) is 1.92. The van der Waals surface area contributed by atoms with Crippen molar-refractivity contribution in [1.29, 1.82) is 0 Å². The Labute approximate surface area is 111 Å². The van der Waals surface area contributed by atoms with Gasteiger partial charge in [-0.3, -0.25) is 0 Å². The summed E-state index contributed by atoms with van der Waals surface area (Å²) in [6.07, 6.45) is 0. The van der Waals surface area contributed by atoms with Gasteiger partial charge in [0.05, 0.1) is 0 Å². The third-order valence-corrected chi connectivity index (χ3v) is 3.23. The molecule has 0 spiro atoms. The molecular formula is C13H20BrFN2. The van der Waals surface area contributed by atoms with Crippen LogP contribution in [0.2, 0.25) is 0 Å². The molecule has 0 bridgehead atoms. The Kier molecular flexibility index (Phi) is 6.09. The van der Waals surface area contributed by atoms with Gasteiger partial charge < -0.3 is 10.6 Å². The highest BCUT2D eigenvalue weighted by Crippen LogP contribution is 2.17. The molecule has 1 rings (SSSR count). The van der Waals surface area contributed by atoms with E-state index in [1.165, 1.54) is 12.1 Å². The highest BCUT2D eigenvalue weighted by atomic mass is 79.9. The van der Waals surface area contributed by atoms with Crippen molar-refractivity contribution in [2.24, 2.45) is 0 Å². The van der Waals surface area contributed by atoms with Crippen LogP contribution in [0.3, 0.4) is 0 Å². The van der Waals surface area contributed by atoms with Gasteiger partial charge in [-0.05, 0) is 24.6 Å². The molecule has 1 aromatic carbocycles. The molecular weight excluding hydrogens is 283 g/mol. The molecule has 0 saturated heterocycles. The third-order valence-electron chi connectivity index (χ3n) is 2.49. The Hall–Kier alpha value is -0.450. The fraction of sp³-hybridized carbons (Fsp3) is 0.538. The van der Waals surface area contributed by atoms with Crippen molar-refractivity contribution in [1.82, 2.24) is 10.6 Å². The van der Waals surface area contributed by atoms with Crippen molar-refractivity contribution in [3.8, 4) is 0 Å². The van der Waals surface area contributed by atoms with E-state index in [0.717, 1.165) is 23.1 Å². The maximum absolute atomic E-state index is 12.9. The molecule has 17 heavy (non-hydrogen) atoms. The average Bonchev–Trinajstić information content (AvgIpc) is 2.25. The summed E-state index contributed by atoms with van der Waals surface area (Å²) in [7, 11) is 0. The molecule has 0 fully saturated rings. The molecule has 1 atom stereocenters. The number of hydrogen-bond acceptors (Lipinski definition) is 2. The van der Waals surface area contributed by atoms with E-state index in [9.17, 15) is 4.39 Å². The Morgan fingerprint density at radius 1 is 1.24 bits per heavy atom. The summed E-state index contributed by atoms with van der Waals surface area (Å²) in [4.78, 5) is 0. The van der Waals surface area contributed by atoms with Crippen molar-refractivity contribution in [2.75, 3.05) is 6.54 Å². The van der Waals surface area contributed by atoms with Crippen LogP contribution in [-0.4, -0.2) is 18.6 Å². The molecule has 96 valence electrons. The van der Waals surface area contributed by atoms with Crippen LogP contribution in [-0.2, 0) is 6.54 Å². The summed E-state index contributed by atoms with van der Waals surface area (Å²) >= 11 is 3.36. The second-order valence-electron chi connectivity index (χ2n) is 4.58. The van der Waals surface area contributed by atoms with Crippen molar-refractivity contribution in [3.63, 3.8) is 0 Å². The van der Waals surface area contributed by atoms with Crippen molar-refractivity contribution < 1.29 is 4.39 Å². The third kappa shape index (κ3) is 5.61. The van der Waals surface area contributed by atoms with Gasteiger partial charge >= 0.3 is 0 Å². The van der Waals surface area contributed by atoms with E-state index in [-0.39, 0.29) is 5.82 Å². The molecule has 0 aromatic heterocycles. The summed E-state index contributed by atoms with van der Waals surface area (Å²) in [5, 5.41) is 6.77. The standard InChI is InChI=1S/C13H20BrFN2/c1-9(2)16-7-10(3)17-8-11-4-5-12(15)6-13(11)14/h4-6,9-10,16-17H,7-8H2,1-3H3. The number of halogens is 2. The lowest BCUT2D eigenvalue weighted by molar-refractivity contribution is 0.473. The van der Waals surface area contributed by atoms with Crippen LogP contribution in [0.15, 0.2) is 22.7 Å². The van der Waals surface area contributed by atoms with Crippen LogP contribution in [0.4, 0.5) is 4.39 Å². The van der Waals surface area contributed by atoms with E-state index in [4.69, 9.17) is 0 Å². The minimum atomic E-state index is -0.213. The zero-order chi connectivity index (χ0) is 12.8. The summed E-state index contributed by atoms with van der Waals surface area (Å²) in [6.45, 7) is 8.05. The highest BCUT2D eigenvalue weighted by Gasteiger charge is 2.05. The van der Waals surface area contributed by atoms with Crippen LogP contribution in [0.1, 0.15) is 26.3 Å². The van der Waals surface area contributed by atoms with E-state index < -0.39 is 0 Å². The minimum absolute atomic E-state index is 0.213. The number of rotatable bonds is 6. The van der Waals surface area contributed by atoms with Gasteiger partial charge in [0, 0.05) is 29.6 Å². The van der Waals surface area contributed by atoms with E-state index >= 15 is 0 Å². The first kappa shape index (κ1) is 14.6. The first-order chi connectivity index (χ1) is 7.99. The Morgan fingerprint density at radius 3 is 2.53 bits per heavy atom. The van der Waals surface area contributed by atoms with Gasteiger partial charge in [0.15, 0.2) is 0 Å². The summed E-state index contributed by atoms with van der Waals surface area (Å²) in [6, 6.07) is 5.66. The first-order valence-corrected chi connectivity index (χ1v) is 6.69. The topological polar surface area (TPSA) is 24.1 Å². The summed E-state index contributed by atoms with van der Waals surface area (Å²) in [5.41, 5.74) is 1.07. The maximum atomic E-state index is 12.9. The second-order valence-corrected chi connectivity index (χ2v) is 5.43. The lowest BCUT2D eigenvalue weighted by Crippen LogP contribution is -2.38.